The maximum absolute atomic E-state index is 10.3. The van der Waals surface area contributed by atoms with Crippen molar-refractivity contribution in [3.8, 4) is 11.4 Å². The molecule has 1 atom stereocenters. The van der Waals surface area contributed by atoms with E-state index in [4.69, 9.17) is 0 Å². The highest BCUT2D eigenvalue weighted by atomic mass is 32.1. The van der Waals surface area contributed by atoms with Gasteiger partial charge in [0.15, 0.2) is 0 Å². The average molecular weight is 384 g/mol. The maximum Gasteiger partial charge on any atom is 0.126 e. The summed E-state index contributed by atoms with van der Waals surface area (Å²) in [6, 6.07) is 10.6. The molecule has 0 aliphatic rings. The third-order valence-electron chi connectivity index (χ3n) is 5.18. The van der Waals surface area contributed by atoms with Gasteiger partial charge in [-0.1, -0.05) is 19.1 Å². The average Bonchev–Trinajstić information content (AvgIpc) is 3.31. The van der Waals surface area contributed by atoms with Crippen LogP contribution in [0.1, 0.15) is 50.0 Å². The van der Waals surface area contributed by atoms with E-state index < -0.39 is 5.60 Å². The van der Waals surface area contributed by atoms with Gasteiger partial charge in [0.25, 0.3) is 0 Å². The number of aliphatic hydroxyl groups is 2. The van der Waals surface area contributed by atoms with Gasteiger partial charge in [-0.15, -0.1) is 11.3 Å². The van der Waals surface area contributed by atoms with Gasteiger partial charge >= 0.3 is 0 Å². The van der Waals surface area contributed by atoms with Gasteiger partial charge in [0.2, 0.25) is 0 Å². The van der Waals surface area contributed by atoms with Gasteiger partial charge in [-0.2, -0.15) is 5.10 Å². The van der Waals surface area contributed by atoms with Gasteiger partial charge in [-0.05, 0) is 56.4 Å². The predicted octanol–water partition coefficient (Wildman–Crippen LogP) is 4.88. The van der Waals surface area contributed by atoms with Crippen LogP contribution in [0.25, 0.3) is 32.5 Å². The fraction of sp³-hybridized carbons (Fsp3) is 0.381. The van der Waals surface area contributed by atoms with Crippen molar-refractivity contribution < 1.29 is 10.2 Å². The van der Waals surface area contributed by atoms with Crippen LogP contribution in [0.2, 0.25) is 0 Å². The Hall–Kier alpha value is -2.15. The minimum absolute atomic E-state index is 0.208. The van der Waals surface area contributed by atoms with Crippen LogP contribution in [0.4, 0.5) is 0 Å². The van der Waals surface area contributed by atoms with E-state index in [0.717, 1.165) is 50.2 Å². The molecule has 4 N–H and O–H groups in total. The first-order chi connectivity index (χ1) is 12.9. The van der Waals surface area contributed by atoms with Gasteiger partial charge in [-0.25, -0.2) is 0 Å². The number of hydrogen-bond acceptors (Lipinski definition) is 4. The van der Waals surface area contributed by atoms with E-state index in [-0.39, 0.29) is 6.61 Å². The molecular formula is C21H25N3O2S. The zero-order valence-corrected chi connectivity index (χ0v) is 16.7. The number of benzene rings is 1. The molecule has 4 rings (SSSR count). The zero-order chi connectivity index (χ0) is 19.2. The van der Waals surface area contributed by atoms with Crippen LogP contribution in [0.3, 0.4) is 0 Å². The van der Waals surface area contributed by atoms with Crippen molar-refractivity contribution in [2.24, 2.45) is 0 Å². The molecule has 1 unspecified atom stereocenters. The molecule has 4 aromatic rings. The minimum atomic E-state index is -0.862. The molecule has 3 aromatic heterocycles. The zero-order valence-electron chi connectivity index (χ0n) is 15.8. The Labute approximate surface area is 162 Å². The Bertz CT molecular complexity index is 1080. The number of aromatic nitrogens is 3. The lowest BCUT2D eigenvalue weighted by molar-refractivity contribution is 0.0826. The number of thiophene rings is 1. The van der Waals surface area contributed by atoms with Crippen molar-refractivity contribution in [2.75, 3.05) is 6.61 Å². The first kappa shape index (κ1) is 18.2. The van der Waals surface area contributed by atoms with Crippen LogP contribution in [-0.4, -0.2) is 32.0 Å². The summed E-state index contributed by atoms with van der Waals surface area (Å²) in [6.45, 7) is 5.96. The van der Waals surface area contributed by atoms with Crippen LogP contribution in [0, 0.1) is 0 Å². The van der Waals surface area contributed by atoms with Crippen LogP contribution >= 0.6 is 11.3 Å². The molecule has 0 fully saturated rings. The van der Waals surface area contributed by atoms with Crippen LogP contribution < -0.4 is 0 Å². The van der Waals surface area contributed by atoms with E-state index in [1.807, 2.05) is 6.07 Å². The third-order valence-corrected chi connectivity index (χ3v) is 6.64. The van der Waals surface area contributed by atoms with E-state index in [1.165, 1.54) is 5.56 Å². The van der Waals surface area contributed by atoms with E-state index in [9.17, 15) is 10.2 Å². The minimum Gasteiger partial charge on any atom is -0.396 e. The molecule has 0 aliphatic heterocycles. The van der Waals surface area contributed by atoms with Crippen molar-refractivity contribution in [1.82, 2.24) is 15.2 Å². The second-order valence-electron chi connectivity index (χ2n) is 7.63. The van der Waals surface area contributed by atoms with Crippen LogP contribution in [-0.2, 0) is 5.60 Å². The van der Waals surface area contributed by atoms with Gasteiger partial charge in [-0.3, -0.25) is 5.10 Å². The molecular weight excluding hydrogens is 358 g/mol. The number of H-pyrrole nitrogens is 2. The molecule has 0 spiro atoms. The smallest absolute Gasteiger partial charge is 0.126 e. The summed E-state index contributed by atoms with van der Waals surface area (Å²) >= 11 is 1.57. The molecule has 3 heterocycles. The highest BCUT2D eigenvalue weighted by Crippen LogP contribution is 2.38. The monoisotopic (exact) mass is 383 g/mol. The van der Waals surface area contributed by atoms with Gasteiger partial charge in [0.05, 0.1) is 21.5 Å². The van der Waals surface area contributed by atoms with Crippen LogP contribution in [0.15, 0.2) is 30.3 Å². The second kappa shape index (κ2) is 6.78. The number of nitrogens with one attached hydrogen (secondary N) is 2. The van der Waals surface area contributed by atoms with E-state index >= 15 is 0 Å². The van der Waals surface area contributed by atoms with Gasteiger partial charge < -0.3 is 15.2 Å². The standard InChI is InChI=1S/C21H25N3O2S/c1-4-12(7-8-25)13-5-6-14-10-16(22-15(14)9-13)19-20-17(23-24-19)11-18(27-20)21(2,3)26/h5-6,9-12,22,25-26H,4,7-8H2,1-3H3,(H,23,24). The topological polar surface area (TPSA) is 84.9 Å². The molecule has 0 bridgehead atoms. The molecule has 0 saturated heterocycles. The summed E-state index contributed by atoms with van der Waals surface area (Å²) in [6.07, 6.45) is 1.79. The molecule has 6 heteroatoms. The summed E-state index contributed by atoms with van der Waals surface area (Å²) < 4.78 is 1.05. The van der Waals surface area contributed by atoms with E-state index in [2.05, 4.69) is 46.4 Å². The number of nitrogens with zero attached hydrogens (tertiary/aromatic N) is 1. The molecule has 1 aromatic carbocycles. The lowest BCUT2D eigenvalue weighted by Crippen LogP contribution is -2.12. The Balaban J connectivity index is 1.76. The van der Waals surface area contributed by atoms with E-state index in [1.54, 1.807) is 25.2 Å². The molecule has 0 radical (unpaired) electrons. The summed E-state index contributed by atoms with van der Waals surface area (Å²) in [5, 5.41) is 28.3. The van der Waals surface area contributed by atoms with Gasteiger partial charge in [0.1, 0.15) is 5.69 Å². The molecule has 0 saturated carbocycles. The largest absolute Gasteiger partial charge is 0.396 e. The van der Waals surface area contributed by atoms with Crippen molar-refractivity contribution in [3.05, 3.63) is 40.8 Å². The molecule has 5 nitrogen and oxygen atoms in total. The fourth-order valence-corrected chi connectivity index (χ4v) is 4.70. The molecule has 0 amide bonds. The number of hydrogen-bond donors (Lipinski definition) is 4. The van der Waals surface area contributed by atoms with Crippen molar-refractivity contribution in [2.45, 2.75) is 45.1 Å². The lowest BCUT2D eigenvalue weighted by Gasteiger charge is -2.13. The summed E-state index contributed by atoms with van der Waals surface area (Å²) in [4.78, 5) is 4.42. The quantitative estimate of drug-likeness (QED) is 0.383. The highest BCUT2D eigenvalue weighted by molar-refractivity contribution is 7.19. The first-order valence-corrected chi connectivity index (χ1v) is 10.2. The summed E-state index contributed by atoms with van der Waals surface area (Å²) in [5.74, 6) is 0.370. The van der Waals surface area contributed by atoms with Crippen molar-refractivity contribution in [3.63, 3.8) is 0 Å². The number of aromatic amines is 2. The molecule has 142 valence electrons. The van der Waals surface area contributed by atoms with Crippen molar-refractivity contribution in [1.29, 1.82) is 0 Å². The predicted molar refractivity (Wildman–Crippen MR) is 111 cm³/mol. The maximum atomic E-state index is 10.3. The first-order valence-electron chi connectivity index (χ1n) is 9.35. The highest BCUT2D eigenvalue weighted by Gasteiger charge is 2.22. The number of aliphatic hydroxyl groups excluding tert-OH is 1. The number of fused-ring (bicyclic) bond motifs is 2. The Morgan fingerprint density at radius 2 is 2.00 bits per heavy atom. The number of rotatable bonds is 6. The van der Waals surface area contributed by atoms with E-state index in [0.29, 0.717) is 5.92 Å². The van der Waals surface area contributed by atoms with Crippen molar-refractivity contribution >= 4 is 32.5 Å². The van der Waals surface area contributed by atoms with Gasteiger partial charge in [0, 0.05) is 22.4 Å². The fourth-order valence-electron chi connectivity index (χ4n) is 3.59. The molecule has 0 aliphatic carbocycles. The molecule has 27 heavy (non-hydrogen) atoms. The Morgan fingerprint density at radius 3 is 2.70 bits per heavy atom. The Morgan fingerprint density at radius 1 is 1.19 bits per heavy atom. The lowest BCUT2D eigenvalue weighted by atomic mass is 9.93. The Kier molecular flexibility index (Phi) is 4.58. The normalized spacial score (nSPS) is 13.7. The second-order valence-corrected chi connectivity index (χ2v) is 8.68. The third kappa shape index (κ3) is 3.29. The SMILES string of the molecule is CCC(CCO)c1ccc2cc(-c3n[nH]c4cc(C(C)(C)O)sc34)[nH]c2c1. The summed E-state index contributed by atoms with van der Waals surface area (Å²) in [7, 11) is 0. The summed E-state index contributed by atoms with van der Waals surface area (Å²) in [5.41, 5.74) is 4.26. The van der Waals surface area contributed by atoms with Crippen LogP contribution in [0.5, 0.6) is 0 Å².